The van der Waals surface area contributed by atoms with Gasteiger partial charge in [0.1, 0.15) is 5.69 Å². The van der Waals surface area contributed by atoms with E-state index in [1.54, 1.807) is 6.07 Å². The Morgan fingerprint density at radius 1 is 1.08 bits per heavy atom. The van der Waals surface area contributed by atoms with Gasteiger partial charge in [0.15, 0.2) is 0 Å². The van der Waals surface area contributed by atoms with E-state index in [1.165, 1.54) is 0 Å². The summed E-state index contributed by atoms with van der Waals surface area (Å²) < 4.78 is 10.7. The molecule has 2 aliphatic heterocycles. The van der Waals surface area contributed by atoms with E-state index in [0.717, 1.165) is 51.6 Å². The molecule has 0 unspecified atom stereocenters. The lowest BCUT2D eigenvalue weighted by atomic mass is 10.2. The SMILES string of the molecule is O=[N+]([O-])c1ccc(N2CCOCC2)cc1NCCN1CCOCC1. The highest BCUT2D eigenvalue weighted by molar-refractivity contribution is 5.69. The van der Waals surface area contributed by atoms with Crippen molar-refractivity contribution in [2.24, 2.45) is 0 Å². The monoisotopic (exact) mass is 336 g/mol. The van der Waals surface area contributed by atoms with Crippen LogP contribution in [0.2, 0.25) is 0 Å². The highest BCUT2D eigenvalue weighted by Gasteiger charge is 2.18. The first-order valence-corrected chi connectivity index (χ1v) is 8.39. The molecule has 0 spiro atoms. The molecule has 132 valence electrons. The van der Waals surface area contributed by atoms with Gasteiger partial charge in [-0.3, -0.25) is 15.0 Å². The lowest BCUT2D eigenvalue weighted by Gasteiger charge is -2.29. The van der Waals surface area contributed by atoms with Gasteiger partial charge in [0.25, 0.3) is 5.69 Å². The molecule has 0 amide bonds. The summed E-state index contributed by atoms with van der Waals surface area (Å²) >= 11 is 0. The maximum Gasteiger partial charge on any atom is 0.292 e. The van der Waals surface area contributed by atoms with Gasteiger partial charge >= 0.3 is 0 Å². The van der Waals surface area contributed by atoms with Gasteiger partial charge in [-0.25, -0.2) is 0 Å². The van der Waals surface area contributed by atoms with E-state index in [1.807, 2.05) is 12.1 Å². The first-order valence-electron chi connectivity index (χ1n) is 8.39. The molecule has 0 radical (unpaired) electrons. The molecule has 2 saturated heterocycles. The van der Waals surface area contributed by atoms with Gasteiger partial charge in [0.2, 0.25) is 0 Å². The van der Waals surface area contributed by atoms with E-state index in [4.69, 9.17) is 9.47 Å². The minimum absolute atomic E-state index is 0.119. The molecule has 24 heavy (non-hydrogen) atoms. The Hall–Kier alpha value is -1.90. The van der Waals surface area contributed by atoms with Crippen LogP contribution in [0.3, 0.4) is 0 Å². The fourth-order valence-electron chi connectivity index (χ4n) is 3.02. The van der Waals surface area contributed by atoms with Crippen molar-refractivity contribution >= 4 is 17.1 Å². The highest BCUT2D eigenvalue weighted by Crippen LogP contribution is 2.29. The number of ether oxygens (including phenoxy) is 2. The van der Waals surface area contributed by atoms with Gasteiger partial charge in [0.05, 0.1) is 31.4 Å². The molecule has 0 saturated carbocycles. The van der Waals surface area contributed by atoms with Crippen molar-refractivity contribution in [1.82, 2.24) is 4.90 Å². The topological polar surface area (TPSA) is 80.1 Å². The number of morpholine rings is 2. The number of nitrogens with zero attached hydrogens (tertiary/aromatic N) is 3. The molecule has 0 bridgehead atoms. The van der Waals surface area contributed by atoms with Gasteiger partial charge in [-0.2, -0.15) is 0 Å². The minimum atomic E-state index is -0.333. The second kappa shape index (κ2) is 8.27. The first kappa shape index (κ1) is 16.9. The maximum absolute atomic E-state index is 11.3. The van der Waals surface area contributed by atoms with Crippen molar-refractivity contribution in [2.75, 3.05) is 75.9 Å². The van der Waals surface area contributed by atoms with Crippen LogP contribution in [0, 0.1) is 10.1 Å². The molecule has 0 atom stereocenters. The molecule has 0 aliphatic carbocycles. The Bertz CT molecular complexity index is 557. The smallest absolute Gasteiger partial charge is 0.292 e. The first-order chi connectivity index (χ1) is 11.7. The predicted octanol–water partition coefficient (Wildman–Crippen LogP) is 1.18. The van der Waals surface area contributed by atoms with Gasteiger partial charge in [-0.05, 0) is 12.1 Å². The van der Waals surface area contributed by atoms with Crippen LogP contribution in [0.5, 0.6) is 0 Å². The number of nitro groups is 1. The van der Waals surface area contributed by atoms with Crippen LogP contribution in [0.1, 0.15) is 0 Å². The molecule has 8 nitrogen and oxygen atoms in total. The van der Waals surface area contributed by atoms with Crippen molar-refractivity contribution in [3.8, 4) is 0 Å². The molecule has 8 heteroatoms. The average molecular weight is 336 g/mol. The van der Waals surface area contributed by atoms with E-state index < -0.39 is 0 Å². The zero-order chi connectivity index (χ0) is 16.8. The van der Waals surface area contributed by atoms with Crippen LogP contribution in [-0.4, -0.2) is 75.5 Å². The van der Waals surface area contributed by atoms with Crippen molar-refractivity contribution in [1.29, 1.82) is 0 Å². The molecule has 1 aromatic rings. The summed E-state index contributed by atoms with van der Waals surface area (Å²) in [6, 6.07) is 5.28. The van der Waals surface area contributed by atoms with E-state index >= 15 is 0 Å². The fraction of sp³-hybridized carbons (Fsp3) is 0.625. The van der Waals surface area contributed by atoms with Crippen molar-refractivity contribution in [3.05, 3.63) is 28.3 Å². The Balaban J connectivity index is 1.65. The summed E-state index contributed by atoms with van der Waals surface area (Å²) in [5.41, 5.74) is 1.70. The van der Waals surface area contributed by atoms with Gasteiger partial charge < -0.3 is 19.7 Å². The summed E-state index contributed by atoms with van der Waals surface area (Å²) in [6.07, 6.45) is 0. The fourth-order valence-corrected chi connectivity index (χ4v) is 3.02. The highest BCUT2D eigenvalue weighted by atomic mass is 16.6. The zero-order valence-corrected chi connectivity index (χ0v) is 13.8. The molecule has 2 fully saturated rings. The molecule has 2 heterocycles. The van der Waals surface area contributed by atoms with E-state index in [0.29, 0.717) is 25.4 Å². The standard InChI is InChI=1S/C16H24N4O4/c21-20(22)16-2-1-14(19-7-11-24-12-8-19)13-15(16)17-3-4-18-5-9-23-10-6-18/h1-2,13,17H,3-12H2. The normalized spacial score (nSPS) is 19.2. The summed E-state index contributed by atoms with van der Waals surface area (Å²) in [6.45, 7) is 7.87. The predicted molar refractivity (Wildman–Crippen MR) is 91.9 cm³/mol. The summed E-state index contributed by atoms with van der Waals surface area (Å²) in [5, 5.41) is 14.5. The maximum atomic E-state index is 11.3. The second-order valence-corrected chi connectivity index (χ2v) is 5.94. The van der Waals surface area contributed by atoms with E-state index in [2.05, 4.69) is 15.1 Å². The lowest BCUT2D eigenvalue weighted by molar-refractivity contribution is -0.383. The molecular formula is C16H24N4O4. The summed E-state index contributed by atoms with van der Waals surface area (Å²) in [5.74, 6) is 0. The van der Waals surface area contributed by atoms with Gasteiger partial charge in [-0.1, -0.05) is 0 Å². The van der Waals surface area contributed by atoms with Crippen LogP contribution in [0.15, 0.2) is 18.2 Å². The third-order valence-electron chi connectivity index (χ3n) is 4.40. The Kier molecular flexibility index (Phi) is 5.84. The van der Waals surface area contributed by atoms with Crippen LogP contribution in [-0.2, 0) is 9.47 Å². The molecule has 3 rings (SSSR count). The molecule has 1 aromatic carbocycles. The average Bonchev–Trinajstić information content (AvgIpc) is 2.63. The number of nitrogens with one attached hydrogen (secondary N) is 1. The number of anilines is 2. The number of nitro benzene ring substituents is 1. The lowest BCUT2D eigenvalue weighted by Crippen LogP contribution is -2.39. The van der Waals surface area contributed by atoms with Crippen LogP contribution in [0.25, 0.3) is 0 Å². The van der Waals surface area contributed by atoms with Crippen molar-refractivity contribution in [2.45, 2.75) is 0 Å². The summed E-state index contributed by atoms with van der Waals surface area (Å²) in [4.78, 5) is 15.4. The summed E-state index contributed by atoms with van der Waals surface area (Å²) in [7, 11) is 0. The second-order valence-electron chi connectivity index (χ2n) is 5.94. The third-order valence-corrected chi connectivity index (χ3v) is 4.40. The number of hydrogen-bond acceptors (Lipinski definition) is 7. The van der Waals surface area contributed by atoms with Crippen molar-refractivity contribution < 1.29 is 14.4 Å². The Labute approximate surface area is 141 Å². The number of rotatable bonds is 6. The van der Waals surface area contributed by atoms with Crippen molar-refractivity contribution in [3.63, 3.8) is 0 Å². The van der Waals surface area contributed by atoms with Crippen LogP contribution >= 0.6 is 0 Å². The number of hydrogen-bond donors (Lipinski definition) is 1. The largest absolute Gasteiger partial charge is 0.379 e. The zero-order valence-electron chi connectivity index (χ0n) is 13.8. The van der Waals surface area contributed by atoms with Gasteiger partial charge in [0, 0.05) is 51.0 Å². The third kappa shape index (κ3) is 4.34. The molecule has 0 aromatic heterocycles. The minimum Gasteiger partial charge on any atom is -0.379 e. The van der Waals surface area contributed by atoms with Crippen LogP contribution < -0.4 is 10.2 Å². The molecular weight excluding hydrogens is 312 g/mol. The quantitative estimate of drug-likeness (QED) is 0.617. The van der Waals surface area contributed by atoms with Gasteiger partial charge in [-0.15, -0.1) is 0 Å². The van der Waals surface area contributed by atoms with E-state index in [-0.39, 0.29) is 10.6 Å². The van der Waals surface area contributed by atoms with Crippen LogP contribution in [0.4, 0.5) is 17.1 Å². The Morgan fingerprint density at radius 2 is 1.75 bits per heavy atom. The molecule has 2 aliphatic rings. The Morgan fingerprint density at radius 3 is 2.42 bits per heavy atom. The van der Waals surface area contributed by atoms with E-state index in [9.17, 15) is 10.1 Å². The number of benzene rings is 1. The molecule has 1 N–H and O–H groups in total.